The molecule has 136 valence electrons. The first-order valence-electron chi connectivity index (χ1n) is 8.93. The van der Waals surface area contributed by atoms with Crippen LogP contribution in [0.3, 0.4) is 0 Å². The average Bonchev–Trinajstić information content (AvgIpc) is 2.73. The number of hydrogen-bond acceptors (Lipinski definition) is 2. The van der Waals surface area contributed by atoms with Crippen molar-refractivity contribution in [3.63, 3.8) is 0 Å². The van der Waals surface area contributed by atoms with E-state index in [0.29, 0.717) is 6.42 Å². The van der Waals surface area contributed by atoms with Gasteiger partial charge < -0.3 is 5.11 Å². The van der Waals surface area contributed by atoms with E-state index in [1.54, 1.807) is 6.08 Å². The molecule has 0 aliphatic heterocycles. The number of carbonyl (C=O) groups is 1. The number of hydrogen-bond donors (Lipinski definition) is 1. The highest BCUT2D eigenvalue weighted by molar-refractivity contribution is 8.00. The third-order valence-corrected chi connectivity index (χ3v) is 5.98. The number of allylic oxidation sites excluding steroid dienone is 1. The maximum absolute atomic E-state index is 10.7. The second-order valence-electron chi connectivity index (χ2n) is 6.16. The summed E-state index contributed by atoms with van der Waals surface area (Å²) in [6, 6.07) is 31.5. The van der Waals surface area contributed by atoms with Crippen molar-refractivity contribution in [1.29, 1.82) is 0 Å². The number of thioether (sulfide) groups is 1. The zero-order chi connectivity index (χ0) is 19.0. The molecular formula is C24H22O2S. The van der Waals surface area contributed by atoms with Crippen LogP contribution in [0.15, 0.2) is 103 Å². The Hall–Kier alpha value is -2.78. The summed E-state index contributed by atoms with van der Waals surface area (Å²) in [4.78, 5) is 10.7. The summed E-state index contributed by atoms with van der Waals surface area (Å²) in [5.74, 6) is -0.0944. The summed E-state index contributed by atoms with van der Waals surface area (Å²) in [6.07, 6.45) is 3.64. The summed E-state index contributed by atoms with van der Waals surface area (Å²) in [7, 11) is 0. The van der Waals surface area contributed by atoms with Crippen molar-refractivity contribution in [3.05, 3.63) is 120 Å². The molecule has 2 nitrogen and oxygen atoms in total. The first-order chi connectivity index (χ1) is 13.2. The first-order valence-corrected chi connectivity index (χ1v) is 9.92. The highest BCUT2D eigenvalue weighted by atomic mass is 32.2. The molecule has 0 aromatic heterocycles. The van der Waals surface area contributed by atoms with Crippen LogP contribution in [-0.4, -0.2) is 16.8 Å². The Morgan fingerprint density at radius 2 is 1.19 bits per heavy atom. The van der Waals surface area contributed by atoms with Crippen molar-refractivity contribution in [1.82, 2.24) is 0 Å². The van der Waals surface area contributed by atoms with Gasteiger partial charge in [0.1, 0.15) is 0 Å². The van der Waals surface area contributed by atoms with Gasteiger partial charge in [0.15, 0.2) is 0 Å². The van der Waals surface area contributed by atoms with E-state index in [9.17, 15) is 4.79 Å². The van der Waals surface area contributed by atoms with E-state index in [2.05, 4.69) is 72.8 Å². The van der Waals surface area contributed by atoms with Gasteiger partial charge in [0, 0.05) is 6.08 Å². The standard InChI is InChI=1S/C24H22O2S/c25-23(26)18-10-11-19-27-24(20-12-4-1-5-13-20,21-14-6-2-7-15-21)22-16-8-3-9-17-22/h1-10,12-18H,11,19H2,(H,25,26)/b18-10-. The molecule has 0 amide bonds. The smallest absolute Gasteiger partial charge is 0.327 e. The molecule has 0 aliphatic rings. The lowest BCUT2D eigenvalue weighted by Gasteiger charge is -2.35. The van der Waals surface area contributed by atoms with Gasteiger partial charge in [0.2, 0.25) is 0 Å². The van der Waals surface area contributed by atoms with E-state index in [4.69, 9.17) is 5.11 Å². The Kier molecular flexibility index (Phi) is 6.50. The molecule has 0 saturated heterocycles. The average molecular weight is 375 g/mol. The van der Waals surface area contributed by atoms with E-state index in [1.165, 1.54) is 22.8 Å². The van der Waals surface area contributed by atoms with Gasteiger partial charge in [0.05, 0.1) is 4.75 Å². The predicted molar refractivity (Wildman–Crippen MR) is 113 cm³/mol. The summed E-state index contributed by atoms with van der Waals surface area (Å²) in [6.45, 7) is 0. The van der Waals surface area contributed by atoms with Crippen LogP contribution in [-0.2, 0) is 9.54 Å². The molecule has 0 spiro atoms. The van der Waals surface area contributed by atoms with Crippen molar-refractivity contribution >= 4 is 17.7 Å². The van der Waals surface area contributed by atoms with Crippen LogP contribution >= 0.6 is 11.8 Å². The quantitative estimate of drug-likeness (QED) is 0.310. The molecule has 3 aromatic carbocycles. The summed E-state index contributed by atoms with van der Waals surface area (Å²) in [5.41, 5.74) is 3.65. The largest absolute Gasteiger partial charge is 0.478 e. The van der Waals surface area contributed by atoms with Gasteiger partial charge in [-0.25, -0.2) is 4.79 Å². The van der Waals surface area contributed by atoms with Crippen molar-refractivity contribution in [2.24, 2.45) is 0 Å². The molecule has 3 heteroatoms. The Balaban J connectivity index is 2.07. The summed E-state index contributed by atoms with van der Waals surface area (Å²) >= 11 is 1.84. The van der Waals surface area contributed by atoms with Gasteiger partial charge >= 0.3 is 5.97 Å². The number of carboxylic acids is 1. The van der Waals surface area contributed by atoms with E-state index in [0.717, 1.165) is 5.75 Å². The van der Waals surface area contributed by atoms with Crippen LogP contribution in [0.4, 0.5) is 0 Å². The SMILES string of the molecule is O=C(O)/C=C\CCSC(c1ccccc1)(c1ccccc1)c1ccccc1. The molecular weight excluding hydrogens is 352 g/mol. The van der Waals surface area contributed by atoms with E-state index < -0.39 is 5.97 Å². The normalized spacial score (nSPS) is 11.6. The molecule has 0 saturated carbocycles. The lowest BCUT2D eigenvalue weighted by atomic mass is 9.84. The van der Waals surface area contributed by atoms with Gasteiger partial charge in [0.25, 0.3) is 0 Å². The fourth-order valence-corrected chi connectivity index (χ4v) is 4.70. The highest BCUT2D eigenvalue weighted by Crippen LogP contribution is 2.48. The minimum atomic E-state index is -0.902. The monoisotopic (exact) mass is 374 g/mol. The Labute approximate surface area is 164 Å². The topological polar surface area (TPSA) is 37.3 Å². The molecule has 27 heavy (non-hydrogen) atoms. The molecule has 3 rings (SSSR count). The summed E-state index contributed by atoms with van der Waals surface area (Å²) in [5, 5.41) is 8.81. The van der Waals surface area contributed by atoms with E-state index in [1.807, 2.05) is 30.0 Å². The molecule has 0 atom stereocenters. The predicted octanol–water partition coefficient (Wildman–Crippen LogP) is 5.74. The van der Waals surface area contributed by atoms with Crippen LogP contribution in [0.5, 0.6) is 0 Å². The zero-order valence-corrected chi connectivity index (χ0v) is 15.8. The first kappa shape index (κ1) is 19.0. The van der Waals surface area contributed by atoms with Crippen molar-refractivity contribution in [3.8, 4) is 0 Å². The lowest BCUT2D eigenvalue weighted by Crippen LogP contribution is -2.26. The van der Waals surface area contributed by atoms with Gasteiger partial charge in [-0.05, 0) is 28.9 Å². The third kappa shape index (κ3) is 4.50. The maximum atomic E-state index is 10.7. The second kappa shape index (κ2) is 9.24. The van der Waals surface area contributed by atoms with Gasteiger partial charge in [-0.2, -0.15) is 0 Å². The number of carboxylic acid groups (broad SMARTS) is 1. The fraction of sp³-hybridized carbons (Fsp3) is 0.125. The Morgan fingerprint density at radius 1 is 0.778 bits per heavy atom. The summed E-state index contributed by atoms with van der Waals surface area (Å²) < 4.78 is -0.346. The molecule has 0 unspecified atom stereocenters. The number of aliphatic carboxylic acids is 1. The van der Waals surface area contributed by atoms with Crippen LogP contribution in [0.1, 0.15) is 23.1 Å². The Morgan fingerprint density at radius 3 is 1.56 bits per heavy atom. The van der Waals surface area contributed by atoms with E-state index in [-0.39, 0.29) is 4.75 Å². The van der Waals surface area contributed by atoms with Crippen LogP contribution in [0, 0.1) is 0 Å². The van der Waals surface area contributed by atoms with Crippen LogP contribution < -0.4 is 0 Å². The zero-order valence-electron chi connectivity index (χ0n) is 15.0. The van der Waals surface area contributed by atoms with Crippen LogP contribution in [0.2, 0.25) is 0 Å². The molecule has 0 heterocycles. The molecule has 0 radical (unpaired) electrons. The number of rotatable bonds is 8. The van der Waals surface area contributed by atoms with Gasteiger partial charge in [-0.1, -0.05) is 97.1 Å². The molecule has 0 fully saturated rings. The molecule has 0 aliphatic carbocycles. The second-order valence-corrected chi connectivity index (χ2v) is 7.47. The van der Waals surface area contributed by atoms with Crippen molar-refractivity contribution in [2.45, 2.75) is 11.2 Å². The molecule has 3 aromatic rings. The lowest BCUT2D eigenvalue weighted by molar-refractivity contribution is -0.131. The van der Waals surface area contributed by atoms with E-state index >= 15 is 0 Å². The maximum Gasteiger partial charge on any atom is 0.327 e. The minimum absolute atomic E-state index is 0.346. The minimum Gasteiger partial charge on any atom is -0.478 e. The third-order valence-electron chi connectivity index (χ3n) is 4.40. The van der Waals surface area contributed by atoms with Gasteiger partial charge in [-0.3, -0.25) is 0 Å². The fourth-order valence-electron chi connectivity index (χ4n) is 3.23. The number of benzene rings is 3. The highest BCUT2D eigenvalue weighted by Gasteiger charge is 2.36. The molecule has 0 bridgehead atoms. The van der Waals surface area contributed by atoms with Crippen molar-refractivity contribution in [2.75, 3.05) is 5.75 Å². The Bertz CT molecular complexity index is 777. The van der Waals surface area contributed by atoms with Crippen molar-refractivity contribution < 1.29 is 9.90 Å². The van der Waals surface area contributed by atoms with Gasteiger partial charge in [-0.15, -0.1) is 11.8 Å². The van der Waals surface area contributed by atoms with Crippen LogP contribution in [0.25, 0.3) is 0 Å². The molecule has 1 N–H and O–H groups in total.